The molecular weight excluding hydrogens is 384 g/mol. The third-order valence-corrected chi connectivity index (χ3v) is 4.49. The van der Waals surface area contributed by atoms with Gasteiger partial charge in [-0.15, -0.1) is 0 Å². The summed E-state index contributed by atoms with van der Waals surface area (Å²) in [5.41, 5.74) is 0.889. The normalized spacial score (nSPS) is 11.9. The number of aromatic nitrogens is 1. The van der Waals surface area contributed by atoms with Gasteiger partial charge in [0.2, 0.25) is 5.89 Å². The molecule has 1 aromatic carbocycles. The van der Waals surface area contributed by atoms with Crippen molar-refractivity contribution in [1.82, 2.24) is 15.6 Å². The molecule has 166 valence electrons. The molecule has 0 unspecified atom stereocenters. The Labute approximate surface area is 179 Å². The Morgan fingerprint density at radius 3 is 2.23 bits per heavy atom. The van der Waals surface area contributed by atoms with Crippen LogP contribution in [0.15, 0.2) is 27.7 Å². The SMILES string of the molecule is CCNC(=NCc1ncc(C(C)(C)C)o1)NCCc1c(OC)cc(OC)cc1OC. The van der Waals surface area contributed by atoms with E-state index < -0.39 is 0 Å². The molecule has 2 N–H and O–H groups in total. The second kappa shape index (κ2) is 10.8. The number of nitrogens with zero attached hydrogens (tertiary/aromatic N) is 2. The maximum Gasteiger partial charge on any atom is 0.216 e. The Kier molecular flexibility index (Phi) is 8.38. The Morgan fingerprint density at radius 2 is 1.73 bits per heavy atom. The Bertz CT molecular complexity index is 815. The van der Waals surface area contributed by atoms with Crippen molar-refractivity contribution in [2.24, 2.45) is 4.99 Å². The van der Waals surface area contributed by atoms with Crippen LogP contribution in [0.2, 0.25) is 0 Å². The van der Waals surface area contributed by atoms with Gasteiger partial charge in [-0.25, -0.2) is 9.98 Å². The highest BCUT2D eigenvalue weighted by Gasteiger charge is 2.19. The molecular formula is C22H34N4O4. The molecule has 0 saturated carbocycles. The summed E-state index contributed by atoms with van der Waals surface area (Å²) >= 11 is 0. The van der Waals surface area contributed by atoms with Crippen LogP contribution in [-0.4, -0.2) is 45.4 Å². The van der Waals surface area contributed by atoms with Gasteiger partial charge in [0.15, 0.2) is 5.96 Å². The lowest BCUT2D eigenvalue weighted by atomic mass is 9.94. The molecule has 1 heterocycles. The number of nitrogens with one attached hydrogen (secondary N) is 2. The zero-order valence-corrected chi connectivity index (χ0v) is 19.1. The van der Waals surface area contributed by atoms with E-state index in [4.69, 9.17) is 18.6 Å². The summed E-state index contributed by atoms with van der Waals surface area (Å²) in [5, 5.41) is 6.57. The van der Waals surface area contributed by atoms with E-state index in [9.17, 15) is 0 Å². The highest BCUT2D eigenvalue weighted by Crippen LogP contribution is 2.34. The molecule has 1 aromatic heterocycles. The minimum absolute atomic E-state index is 0.0752. The topological polar surface area (TPSA) is 90.1 Å². The van der Waals surface area contributed by atoms with Crippen LogP contribution in [0, 0.1) is 0 Å². The number of hydrogen-bond acceptors (Lipinski definition) is 6. The molecule has 0 saturated heterocycles. The molecule has 0 spiro atoms. The van der Waals surface area contributed by atoms with Crippen molar-refractivity contribution in [3.8, 4) is 17.2 Å². The van der Waals surface area contributed by atoms with E-state index in [0.29, 0.717) is 37.1 Å². The van der Waals surface area contributed by atoms with Gasteiger partial charge in [0, 0.05) is 36.2 Å². The smallest absolute Gasteiger partial charge is 0.216 e. The van der Waals surface area contributed by atoms with E-state index in [0.717, 1.165) is 29.4 Å². The number of aliphatic imine (C=N–C) groups is 1. The largest absolute Gasteiger partial charge is 0.496 e. The molecule has 8 heteroatoms. The van der Waals surface area contributed by atoms with E-state index in [-0.39, 0.29) is 5.41 Å². The van der Waals surface area contributed by atoms with Crippen LogP contribution in [0.5, 0.6) is 17.2 Å². The van der Waals surface area contributed by atoms with E-state index in [1.54, 1.807) is 27.5 Å². The van der Waals surface area contributed by atoms with Gasteiger partial charge in [0.05, 0.1) is 27.5 Å². The van der Waals surface area contributed by atoms with Crippen LogP contribution in [0.4, 0.5) is 0 Å². The number of rotatable bonds is 9. The van der Waals surface area contributed by atoms with Gasteiger partial charge in [0.25, 0.3) is 0 Å². The van der Waals surface area contributed by atoms with E-state index in [2.05, 4.69) is 41.4 Å². The Balaban J connectivity index is 2.04. The molecule has 8 nitrogen and oxygen atoms in total. The summed E-state index contributed by atoms with van der Waals surface area (Å²) < 4.78 is 22.2. The first kappa shape index (κ1) is 23.4. The average molecular weight is 419 g/mol. The number of guanidine groups is 1. The molecule has 2 rings (SSSR count). The van der Waals surface area contributed by atoms with Crippen molar-refractivity contribution < 1.29 is 18.6 Å². The van der Waals surface area contributed by atoms with Crippen molar-refractivity contribution in [2.45, 2.75) is 46.1 Å². The lowest BCUT2D eigenvalue weighted by Crippen LogP contribution is -2.38. The minimum Gasteiger partial charge on any atom is -0.496 e. The molecule has 0 radical (unpaired) electrons. The van der Waals surface area contributed by atoms with Gasteiger partial charge < -0.3 is 29.3 Å². The first-order valence-electron chi connectivity index (χ1n) is 10.1. The fourth-order valence-corrected chi connectivity index (χ4v) is 2.85. The Morgan fingerprint density at radius 1 is 1.07 bits per heavy atom. The van der Waals surface area contributed by atoms with Gasteiger partial charge in [0.1, 0.15) is 29.6 Å². The number of hydrogen-bond donors (Lipinski definition) is 2. The maximum atomic E-state index is 5.81. The van der Waals surface area contributed by atoms with Crippen molar-refractivity contribution in [3.63, 3.8) is 0 Å². The van der Waals surface area contributed by atoms with Crippen molar-refractivity contribution in [2.75, 3.05) is 34.4 Å². The molecule has 0 aliphatic rings. The first-order valence-corrected chi connectivity index (χ1v) is 10.1. The third-order valence-electron chi connectivity index (χ3n) is 4.49. The van der Waals surface area contributed by atoms with Crippen LogP contribution in [-0.2, 0) is 18.4 Å². The van der Waals surface area contributed by atoms with Gasteiger partial charge in [-0.1, -0.05) is 20.8 Å². The van der Waals surface area contributed by atoms with Crippen LogP contribution in [0.3, 0.4) is 0 Å². The first-order chi connectivity index (χ1) is 14.3. The second-order valence-electron chi connectivity index (χ2n) is 7.75. The maximum absolute atomic E-state index is 5.81. The van der Waals surface area contributed by atoms with Crippen molar-refractivity contribution in [1.29, 1.82) is 0 Å². The van der Waals surface area contributed by atoms with Crippen LogP contribution < -0.4 is 24.8 Å². The monoisotopic (exact) mass is 418 g/mol. The third kappa shape index (κ3) is 6.30. The summed E-state index contributed by atoms with van der Waals surface area (Å²) in [6.45, 7) is 10.1. The average Bonchev–Trinajstić information content (AvgIpc) is 3.21. The van der Waals surface area contributed by atoms with Crippen LogP contribution in [0.1, 0.15) is 44.9 Å². The van der Waals surface area contributed by atoms with Crippen molar-refractivity contribution in [3.05, 3.63) is 35.5 Å². The molecule has 0 bridgehead atoms. The number of ether oxygens (including phenoxy) is 3. The quantitative estimate of drug-likeness (QED) is 0.477. The van der Waals surface area contributed by atoms with Gasteiger partial charge in [-0.05, 0) is 13.3 Å². The number of oxazole rings is 1. The van der Waals surface area contributed by atoms with E-state index in [1.807, 2.05) is 19.1 Å². The zero-order valence-electron chi connectivity index (χ0n) is 19.1. The molecule has 0 aliphatic heterocycles. The van der Waals surface area contributed by atoms with Crippen LogP contribution in [0.25, 0.3) is 0 Å². The highest BCUT2D eigenvalue weighted by atomic mass is 16.5. The Hall–Kier alpha value is -2.90. The standard InChI is InChI=1S/C22H34N4O4/c1-8-23-21(26-14-20-25-13-19(30-20)22(2,3)4)24-10-9-16-17(28-6)11-15(27-5)12-18(16)29-7/h11-13H,8-10,14H2,1-7H3,(H2,23,24,26). The second-order valence-corrected chi connectivity index (χ2v) is 7.75. The molecule has 30 heavy (non-hydrogen) atoms. The van der Waals surface area contributed by atoms with E-state index in [1.165, 1.54) is 0 Å². The predicted octanol–water partition coefficient (Wildman–Crippen LogP) is 3.30. The molecule has 0 fully saturated rings. The summed E-state index contributed by atoms with van der Waals surface area (Å²) in [7, 11) is 4.89. The molecule has 0 atom stereocenters. The summed E-state index contributed by atoms with van der Waals surface area (Å²) in [5.74, 6) is 4.28. The zero-order chi connectivity index (χ0) is 22.1. The molecule has 0 amide bonds. The highest BCUT2D eigenvalue weighted by molar-refractivity contribution is 5.79. The molecule has 2 aromatic rings. The lowest BCUT2D eigenvalue weighted by molar-refractivity contribution is 0.368. The molecule has 0 aliphatic carbocycles. The van der Waals surface area contributed by atoms with Gasteiger partial charge in [-0.2, -0.15) is 0 Å². The summed E-state index contributed by atoms with van der Waals surface area (Å²) in [4.78, 5) is 8.91. The van der Waals surface area contributed by atoms with E-state index >= 15 is 0 Å². The fraction of sp³-hybridized carbons (Fsp3) is 0.545. The van der Waals surface area contributed by atoms with Gasteiger partial charge in [-0.3, -0.25) is 0 Å². The number of benzene rings is 1. The minimum atomic E-state index is -0.0752. The van der Waals surface area contributed by atoms with Crippen LogP contribution >= 0.6 is 0 Å². The fourth-order valence-electron chi connectivity index (χ4n) is 2.85. The lowest BCUT2D eigenvalue weighted by Gasteiger charge is -2.16. The number of methoxy groups -OCH3 is 3. The summed E-state index contributed by atoms with van der Waals surface area (Å²) in [6, 6.07) is 3.71. The van der Waals surface area contributed by atoms with Gasteiger partial charge >= 0.3 is 0 Å². The predicted molar refractivity (Wildman–Crippen MR) is 118 cm³/mol. The summed E-state index contributed by atoms with van der Waals surface area (Å²) in [6.07, 6.45) is 2.46. The van der Waals surface area contributed by atoms with Crippen molar-refractivity contribution >= 4 is 5.96 Å².